The zero-order chi connectivity index (χ0) is 20.3. The monoisotopic (exact) mass is 388 g/mol. The van der Waals surface area contributed by atoms with Crippen molar-refractivity contribution in [1.29, 1.82) is 0 Å². The van der Waals surface area contributed by atoms with Gasteiger partial charge in [-0.1, -0.05) is 24.3 Å². The summed E-state index contributed by atoms with van der Waals surface area (Å²) >= 11 is 0. The Morgan fingerprint density at radius 1 is 1.03 bits per heavy atom. The summed E-state index contributed by atoms with van der Waals surface area (Å²) in [5.41, 5.74) is 6.58. The van der Waals surface area contributed by atoms with E-state index in [2.05, 4.69) is 49.7 Å². The van der Waals surface area contributed by atoms with Crippen molar-refractivity contribution in [2.24, 2.45) is 7.05 Å². The highest BCUT2D eigenvalue weighted by molar-refractivity contribution is 5.98. The average Bonchev–Trinajstić information content (AvgIpc) is 3.35. The normalized spacial score (nSPS) is 18.4. The van der Waals surface area contributed by atoms with Gasteiger partial charge in [0.1, 0.15) is 0 Å². The number of hydrogen-bond acceptors (Lipinski definition) is 3. The number of aromatic nitrogens is 1. The Hall–Kier alpha value is -3.21. The third-order valence-electron chi connectivity index (χ3n) is 6.41. The van der Waals surface area contributed by atoms with E-state index in [4.69, 9.17) is 9.47 Å². The number of ether oxygens (including phenoxy) is 2. The van der Waals surface area contributed by atoms with E-state index in [0.717, 1.165) is 28.2 Å². The van der Waals surface area contributed by atoms with Gasteiger partial charge in [0, 0.05) is 41.3 Å². The molecule has 0 spiro atoms. The van der Waals surface area contributed by atoms with Gasteiger partial charge in [0.05, 0.1) is 6.04 Å². The Labute approximate surface area is 170 Å². The van der Waals surface area contributed by atoms with Crippen molar-refractivity contribution in [3.8, 4) is 11.5 Å². The summed E-state index contributed by atoms with van der Waals surface area (Å²) in [5.74, 6) is 1.60. The fraction of sp³-hybridized carbons (Fsp3) is 0.292. The van der Waals surface area contributed by atoms with Crippen LogP contribution in [0.25, 0.3) is 10.9 Å². The average molecular weight is 388 g/mol. The third kappa shape index (κ3) is 2.57. The first-order valence-corrected chi connectivity index (χ1v) is 9.88. The van der Waals surface area contributed by atoms with Crippen molar-refractivity contribution in [2.45, 2.75) is 33.4 Å². The lowest BCUT2D eigenvalue weighted by Gasteiger charge is -2.27. The van der Waals surface area contributed by atoms with Crippen LogP contribution in [0.15, 0.2) is 53.6 Å². The number of carbonyl (C=O) groups excluding carboxylic acids is 1. The van der Waals surface area contributed by atoms with E-state index >= 15 is 0 Å². The molecule has 29 heavy (non-hydrogen) atoms. The fourth-order valence-corrected chi connectivity index (χ4v) is 4.61. The van der Waals surface area contributed by atoms with Crippen LogP contribution in [-0.4, -0.2) is 22.2 Å². The molecule has 3 heterocycles. The quantitative estimate of drug-likeness (QED) is 0.657. The molecule has 0 bridgehead atoms. The molecule has 2 aromatic carbocycles. The first-order valence-electron chi connectivity index (χ1n) is 9.88. The summed E-state index contributed by atoms with van der Waals surface area (Å²) in [6.45, 7) is 6.93. The number of fused-ring (bicyclic) bond motifs is 2. The molecule has 1 atom stereocenters. The molecule has 0 N–H and O–H groups in total. The number of aryl methyl sites for hydroxylation is 1. The van der Waals surface area contributed by atoms with Crippen molar-refractivity contribution in [2.75, 3.05) is 6.79 Å². The molecule has 0 saturated carbocycles. The van der Waals surface area contributed by atoms with Crippen molar-refractivity contribution in [3.05, 3.63) is 70.4 Å². The minimum Gasteiger partial charge on any atom is -0.454 e. The predicted molar refractivity (Wildman–Crippen MR) is 112 cm³/mol. The second-order valence-corrected chi connectivity index (χ2v) is 7.91. The van der Waals surface area contributed by atoms with E-state index in [1.807, 2.05) is 30.0 Å². The molecule has 2 aliphatic heterocycles. The minimum absolute atomic E-state index is 0.0703. The molecule has 5 rings (SSSR count). The highest BCUT2D eigenvalue weighted by Gasteiger charge is 2.38. The molecule has 2 aliphatic rings. The van der Waals surface area contributed by atoms with Crippen LogP contribution in [0.5, 0.6) is 11.5 Å². The van der Waals surface area contributed by atoms with E-state index in [9.17, 15) is 4.79 Å². The lowest BCUT2D eigenvalue weighted by atomic mass is 9.96. The van der Waals surface area contributed by atoms with Crippen molar-refractivity contribution in [1.82, 2.24) is 9.47 Å². The second-order valence-electron chi connectivity index (χ2n) is 7.91. The predicted octanol–water partition coefficient (Wildman–Crippen LogP) is 4.64. The molecule has 0 fully saturated rings. The van der Waals surface area contributed by atoms with Crippen LogP contribution in [0.4, 0.5) is 0 Å². The van der Waals surface area contributed by atoms with E-state index in [0.29, 0.717) is 6.54 Å². The van der Waals surface area contributed by atoms with Crippen molar-refractivity contribution < 1.29 is 14.3 Å². The highest BCUT2D eigenvalue weighted by Crippen LogP contribution is 2.44. The Balaban J connectivity index is 1.61. The van der Waals surface area contributed by atoms with Crippen LogP contribution in [0.2, 0.25) is 0 Å². The summed E-state index contributed by atoms with van der Waals surface area (Å²) in [6, 6.07) is 14.3. The lowest BCUT2D eigenvalue weighted by Crippen LogP contribution is -2.30. The van der Waals surface area contributed by atoms with Crippen LogP contribution in [0.1, 0.15) is 36.7 Å². The molecule has 0 unspecified atom stereocenters. The molecule has 0 aliphatic carbocycles. The van der Waals surface area contributed by atoms with E-state index in [-0.39, 0.29) is 18.7 Å². The zero-order valence-corrected chi connectivity index (χ0v) is 17.2. The van der Waals surface area contributed by atoms with Crippen LogP contribution >= 0.6 is 0 Å². The third-order valence-corrected chi connectivity index (χ3v) is 6.41. The number of benzene rings is 2. The van der Waals surface area contributed by atoms with Gasteiger partial charge in [-0.2, -0.15) is 0 Å². The molecule has 3 aromatic rings. The van der Waals surface area contributed by atoms with Crippen LogP contribution in [0.3, 0.4) is 0 Å². The van der Waals surface area contributed by atoms with Crippen LogP contribution in [0, 0.1) is 6.92 Å². The number of hydrogen-bond donors (Lipinski definition) is 0. The van der Waals surface area contributed by atoms with Gasteiger partial charge >= 0.3 is 0 Å². The number of carbonyl (C=O) groups is 1. The lowest BCUT2D eigenvalue weighted by molar-refractivity contribution is -0.127. The molecule has 0 saturated heterocycles. The van der Waals surface area contributed by atoms with E-state index in [1.54, 1.807) is 0 Å². The standard InChI is InChI=1S/C24H24N2O3/c1-14-15(2)24(27)26(12-17-9-10-20-21(11-17)29-13-28-20)23(14)22-16(3)25(4)19-8-6-5-7-18(19)22/h5-11,23H,12-13H2,1-4H3/t23-/m0/s1. The molecule has 1 amide bonds. The molecule has 5 nitrogen and oxygen atoms in total. The van der Waals surface area contributed by atoms with E-state index in [1.165, 1.54) is 22.2 Å². The van der Waals surface area contributed by atoms with Crippen molar-refractivity contribution in [3.63, 3.8) is 0 Å². The first kappa shape index (κ1) is 17.9. The van der Waals surface area contributed by atoms with Gasteiger partial charge in [-0.05, 0) is 50.1 Å². The molecule has 1 aromatic heterocycles. The van der Waals surface area contributed by atoms with Gasteiger partial charge in [-0.25, -0.2) is 0 Å². The second kappa shape index (κ2) is 6.41. The number of amides is 1. The summed E-state index contributed by atoms with van der Waals surface area (Å²) in [4.78, 5) is 15.2. The summed E-state index contributed by atoms with van der Waals surface area (Å²) in [5, 5.41) is 1.20. The Morgan fingerprint density at radius 3 is 2.62 bits per heavy atom. The van der Waals surface area contributed by atoms with Crippen LogP contribution in [-0.2, 0) is 18.4 Å². The fourth-order valence-electron chi connectivity index (χ4n) is 4.61. The van der Waals surface area contributed by atoms with E-state index < -0.39 is 0 Å². The van der Waals surface area contributed by atoms with Crippen molar-refractivity contribution >= 4 is 16.8 Å². The Kier molecular flexibility index (Phi) is 3.95. The maximum Gasteiger partial charge on any atom is 0.250 e. The molecule has 5 heteroatoms. The first-order chi connectivity index (χ1) is 14.0. The number of para-hydroxylation sites is 1. The van der Waals surface area contributed by atoms with Gasteiger partial charge in [0.15, 0.2) is 11.5 Å². The number of nitrogens with zero attached hydrogens (tertiary/aromatic N) is 2. The van der Waals surface area contributed by atoms with Gasteiger partial charge in [0.25, 0.3) is 5.91 Å². The highest BCUT2D eigenvalue weighted by atomic mass is 16.7. The number of rotatable bonds is 3. The topological polar surface area (TPSA) is 43.7 Å². The molecule has 148 valence electrons. The minimum atomic E-state index is -0.0703. The van der Waals surface area contributed by atoms with Gasteiger partial charge in [-0.3, -0.25) is 4.79 Å². The smallest absolute Gasteiger partial charge is 0.250 e. The van der Waals surface area contributed by atoms with Crippen LogP contribution < -0.4 is 9.47 Å². The maximum atomic E-state index is 13.2. The maximum absolute atomic E-state index is 13.2. The largest absolute Gasteiger partial charge is 0.454 e. The Morgan fingerprint density at radius 2 is 1.79 bits per heavy atom. The summed E-state index contributed by atoms with van der Waals surface area (Å²) in [7, 11) is 2.09. The summed E-state index contributed by atoms with van der Waals surface area (Å²) in [6.07, 6.45) is 0. The molecular weight excluding hydrogens is 364 g/mol. The zero-order valence-electron chi connectivity index (χ0n) is 17.2. The molecular formula is C24H24N2O3. The van der Waals surface area contributed by atoms with Gasteiger partial charge in [0.2, 0.25) is 6.79 Å². The van der Waals surface area contributed by atoms with Gasteiger partial charge in [-0.15, -0.1) is 0 Å². The molecule has 0 radical (unpaired) electrons. The SMILES string of the molecule is CC1=C(C)[C@@H](c2c(C)n(C)c3ccccc23)N(Cc2ccc3c(c2)OCO3)C1=O. The summed E-state index contributed by atoms with van der Waals surface area (Å²) < 4.78 is 13.2. The van der Waals surface area contributed by atoms with Gasteiger partial charge < -0.3 is 18.9 Å². The Bertz CT molecular complexity index is 1190.